The summed E-state index contributed by atoms with van der Waals surface area (Å²) >= 11 is 0. The van der Waals surface area contributed by atoms with E-state index in [1.165, 1.54) is 7.11 Å². The Balaban J connectivity index is 1.54. The molecule has 0 spiro atoms. The number of hydrogen-bond donors (Lipinski definition) is 1. The molecule has 1 N–H and O–H groups in total. The first kappa shape index (κ1) is 17.6. The van der Waals surface area contributed by atoms with Gasteiger partial charge in [-0.25, -0.2) is 4.98 Å². The van der Waals surface area contributed by atoms with Gasteiger partial charge in [0.25, 0.3) is 5.88 Å². The highest BCUT2D eigenvalue weighted by molar-refractivity contribution is 7.50. The zero-order valence-electron chi connectivity index (χ0n) is 15.9. The van der Waals surface area contributed by atoms with E-state index in [1.54, 1.807) is 12.1 Å². The van der Waals surface area contributed by atoms with Gasteiger partial charge in [0.2, 0.25) is 5.75 Å². The molecule has 5 aliphatic heterocycles. The summed E-state index contributed by atoms with van der Waals surface area (Å²) in [5.74, 6) is 1.88. The third-order valence-electron chi connectivity index (χ3n) is 6.67. The van der Waals surface area contributed by atoms with Crippen LogP contribution in [0.3, 0.4) is 0 Å². The van der Waals surface area contributed by atoms with Crippen molar-refractivity contribution < 1.29 is 28.0 Å². The minimum Gasteiger partial charge on any atom is -0.493 e. The lowest BCUT2D eigenvalue weighted by atomic mass is 9.73. The number of aromatic nitrogens is 1. The van der Waals surface area contributed by atoms with E-state index >= 15 is 0 Å². The first-order chi connectivity index (χ1) is 14.0. The second kappa shape index (κ2) is 5.88. The normalized spacial score (nSPS) is 34.4. The molecule has 3 fully saturated rings. The highest BCUT2D eigenvalue weighted by atomic mass is 31.2. The van der Waals surface area contributed by atoms with Gasteiger partial charge in [-0.2, -0.15) is 4.57 Å². The van der Waals surface area contributed by atoms with Gasteiger partial charge in [0.15, 0.2) is 11.5 Å². The second-order valence-corrected chi connectivity index (χ2v) is 9.51. The van der Waals surface area contributed by atoms with Crippen molar-refractivity contribution in [2.45, 2.75) is 25.0 Å². The Morgan fingerprint density at radius 3 is 2.93 bits per heavy atom. The fraction of sp³-hybridized carbons (Fsp3) is 0.450. The average molecular weight is 416 g/mol. The number of aliphatic hydroxyl groups is 1. The zero-order chi connectivity index (χ0) is 19.9. The van der Waals surface area contributed by atoms with Gasteiger partial charge in [-0.1, -0.05) is 6.08 Å². The second-order valence-electron chi connectivity index (χ2n) is 8.06. The van der Waals surface area contributed by atoms with Crippen molar-refractivity contribution in [2.75, 3.05) is 20.2 Å². The van der Waals surface area contributed by atoms with Crippen molar-refractivity contribution in [3.8, 4) is 23.1 Å². The average Bonchev–Trinajstić information content (AvgIpc) is 3.00. The molecule has 0 radical (unpaired) electrons. The van der Waals surface area contributed by atoms with E-state index in [0.717, 1.165) is 25.9 Å². The molecule has 8 nitrogen and oxygen atoms in total. The molecule has 9 heteroatoms. The smallest absolute Gasteiger partial charge is 0.493 e. The van der Waals surface area contributed by atoms with Gasteiger partial charge in [0.05, 0.1) is 24.1 Å². The van der Waals surface area contributed by atoms with Crippen LogP contribution < -0.4 is 18.3 Å². The van der Waals surface area contributed by atoms with Crippen molar-refractivity contribution in [1.82, 2.24) is 9.88 Å². The molecule has 0 saturated carbocycles. The summed E-state index contributed by atoms with van der Waals surface area (Å²) in [6, 6.07) is 3.39. The van der Waals surface area contributed by atoms with Crippen molar-refractivity contribution in [1.29, 1.82) is 0 Å². The van der Waals surface area contributed by atoms with Gasteiger partial charge in [-0.05, 0) is 43.4 Å². The number of piperidine rings is 3. The summed E-state index contributed by atoms with van der Waals surface area (Å²) in [5.41, 5.74) is 1.09. The van der Waals surface area contributed by atoms with E-state index in [9.17, 15) is 9.67 Å². The molecular formula is C20H21N2O6P. The maximum absolute atomic E-state index is 12.9. The van der Waals surface area contributed by atoms with Gasteiger partial charge < -0.3 is 23.4 Å². The van der Waals surface area contributed by atoms with Crippen molar-refractivity contribution in [2.24, 2.45) is 11.8 Å². The number of rotatable bonds is 4. The number of nitrogens with zero attached hydrogens (tertiary/aromatic N) is 2. The summed E-state index contributed by atoms with van der Waals surface area (Å²) in [6.07, 6.45) is 3.11. The van der Waals surface area contributed by atoms with E-state index in [4.69, 9.17) is 18.3 Å². The number of benzene rings is 1. The molecule has 3 unspecified atom stereocenters. The number of phosphoric ester groups is 1. The summed E-state index contributed by atoms with van der Waals surface area (Å²) < 4.78 is 35.1. The number of methoxy groups -OCH3 is 1. The first-order valence-electron chi connectivity index (χ1n) is 9.79. The van der Waals surface area contributed by atoms with Crippen molar-refractivity contribution in [3.05, 3.63) is 30.4 Å². The van der Waals surface area contributed by atoms with Gasteiger partial charge in [-0.15, -0.1) is 6.58 Å². The molecule has 2 aromatic rings. The number of ether oxygens (including phenoxy) is 1. The number of fused-ring (bicyclic) bond motifs is 4. The van der Waals surface area contributed by atoms with Gasteiger partial charge >= 0.3 is 7.82 Å². The van der Waals surface area contributed by atoms with Gasteiger partial charge in [0.1, 0.15) is 0 Å². The third kappa shape index (κ3) is 2.34. The maximum Gasteiger partial charge on any atom is 0.648 e. The number of phosphoric acid groups is 1. The van der Waals surface area contributed by atoms with Crippen LogP contribution in [-0.2, 0) is 4.57 Å². The van der Waals surface area contributed by atoms with Crippen LogP contribution in [0, 0.1) is 11.8 Å². The lowest BCUT2D eigenvalue weighted by Gasteiger charge is -2.50. The summed E-state index contributed by atoms with van der Waals surface area (Å²) in [7, 11) is -2.40. The van der Waals surface area contributed by atoms with E-state index in [1.807, 2.05) is 6.08 Å². The molecule has 5 aliphatic rings. The molecule has 6 atom stereocenters. The number of pyridine rings is 1. The Morgan fingerprint density at radius 2 is 2.21 bits per heavy atom. The fourth-order valence-corrected chi connectivity index (χ4v) is 6.51. The van der Waals surface area contributed by atoms with Gasteiger partial charge in [0, 0.05) is 18.2 Å². The van der Waals surface area contributed by atoms with Crippen LogP contribution in [0.15, 0.2) is 24.8 Å². The van der Waals surface area contributed by atoms with E-state index in [0.29, 0.717) is 34.1 Å². The predicted octanol–water partition coefficient (Wildman–Crippen LogP) is 3.44. The Labute approximate surface area is 167 Å². The summed E-state index contributed by atoms with van der Waals surface area (Å²) in [6.45, 7) is 5.78. The summed E-state index contributed by atoms with van der Waals surface area (Å²) in [5, 5.41) is 12.1. The highest BCUT2D eigenvalue weighted by Gasteiger charge is 2.51. The van der Waals surface area contributed by atoms with Crippen LogP contribution in [-0.4, -0.2) is 41.2 Å². The van der Waals surface area contributed by atoms with Crippen LogP contribution in [0.1, 0.15) is 24.5 Å². The van der Waals surface area contributed by atoms with E-state index in [2.05, 4.69) is 16.5 Å². The molecule has 0 aliphatic carbocycles. The SMILES string of the molecule is C=C[C@H]1CN2CCC1C[C@H]2[C@H](O)c1c2c3nc4ccc(OC)c(c14)OP(=O)(O3)O2. The lowest BCUT2D eigenvalue weighted by Crippen LogP contribution is -2.54. The monoisotopic (exact) mass is 416 g/mol. The zero-order valence-corrected chi connectivity index (χ0v) is 16.8. The number of hydrogen-bond acceptors (Lipinski definition) is 8. The molecule has 1 aromatic heterocycles. The maximum atomic E-state index is 12.9. The Kier molecular flexibility index (Phi) is 3.56. The summed E-state index contributed by atoms with van der Waals surface area (Å²) in [4.78, 5) is 6.75. The van der Waals surface area contributed by atoms with E-state index < -0.39 is 13.9 Å². The first-order valence-corrected chi connectivity index (χ1v) is 11.3. The molecule has 7 rings (SSSR count). The lowest BCUT2D eigenvalue weighted by molar-refractivity contribution is -0.0448. The molecule has 3 saturated heterocycles. The van der Waals surface area contributed by atoms with Gasteiger partial charge in [-0.3, -0.25) is 4.90 Å². The number of aliphatic hydroxyl groups excluding tert-OH is 1. The van der Waals surface area contributed by atoms with Crippen LogP contribution in [0.4, 0.5) is 0 Å². The Bertz CT molecular complexity index is 1100. The standard InChI is InChI=1S/C20H21N2O6P/c1-3-10-9-22-7-6-11(10)8-13(22)17(23)16-15-12-4-5-14(25-2)18(15)26-29(24)27-19(16)20(21-12)28-29/h3-5,10-11,13,17,23H,1,6-9H2,2H3/t10-,11?,13-,17-,29?/m0/s1. The third-order valence-corrected chi connectivity index (χ3v) is 7.88. The molecule has 1 aromatic carbocycles. The molecule has 29 heavy (non-hydrogen) atoms. The largest absolute Gasteiger partial charge is 0.648 e. The topological polar surface area (TPSA) is 90.4 Å². The molecule has 5 bridgehead atoms. The minimum absolute atomic E-state index is 0.0830. The fourth-order valence-electron chi connectivity index (χ4n) is 5.26. The molecule has 0 amide bonds. The quantitative estimate of drug-likeness (QED) is 0.599. The van der Waals surface area contributed by atoms with Crippen LogP contribution in [0.2, 0.25) is 0 Å². The van der Waals surface area contributed by atoms with Crippen LogP contribution in [0.25, 0.3) is 10.9 Å². The molecule has 6 heterocycles. The van der Waals surface area contributed by atoms with Crippen molar-refractivity contribution in [3.63, 3.8) is 0 Å². The van der Waals surface area contributed by atoms with Crippen molar-refractivity contribution >= 4 is 18.7 Å². The Morgan fingerprint density at radius 1 is 1.38 bits per heavy atom. The Hall–Kier alpha value is -2.28. The van der Waals surface area contributed by atoms with Crippen LogP contribution in [0.5, 0.6) is 23.1 Å². The minimum atomic E-state index is -3.90. The van der Waals surface area contributed by atoms with Crippen LogP contribution >= 0.6 is 7.82 Å². The van der Waals surface area contributed by atoms with E-state index in [-0.39, 0.29) is 23.4 Å². The molecular weight excluding hydrogens is 395 g/mol. The molecule has 152 valence electrons. The highest BCUT2D eigenvalue weighted by Crippen LogP contribution is 2.66. The predicted molar refractivity (Wildman–Crippen MR) is 105 cm³/mol.